The van der Waals surface area contributed by atoms with Crippen LogP contribution in [0.25, 0.3) is 0 Å². The van der Waals surface area contributed by atoms with E-state index in [-0.39, 0.29) is 5.78 Å². The number of hydrogen-bond acceptors (Lipinski definition) is 4. The Balaban J connectivity index is 1.52. The molecule has 0 radical (unpaired) electrons. The van der Waals surface area contributed by atoms with E-state index >= 15 is 0 Å². The summed E-state index contributed by atoms with van der Waals surface area (Å²) < 4.78 is 11.5. The molecular weight excluding hydrogens is 326 g/mol. The predicted octanol–water partition coefficient (Wildman–Crippen LogP) is 4.98. The van der Waals surface area contributed by atoms with Crippen LogP contribution in [0.1, 0.15) is 49.4 Å². The van der Waals surface area contributed by atoms with E-state index in [4.69, 9.17) is 9.47 Å². The quantitative estimate of drug-likeness (QED) is 0.510. The Morgan fingerprint density at radius 2 is 1.69 bits per heavy atom. The highest BCUT2D eigenvalue weighted by atomic mass is 16.5. The molecule has 1 heterocycles. The van der Waals surface area contributed by atoms with E-state index in [2.05, 4.69) is 12.2 Å². The first-order valence-corrected chi connectivity index (χ1v) is 9.52. The molecule has 2 aromatic rings. The van der Waals surface area contributed by atoms with Crippen molar-refractivity contribution in [1.82, 2.24) is 5.32 Å². The van der Waals surface area contributed by atoms with E-state index in [1.54, 1.807) is 0 Å². The summed E-state index contributed by atoms with van der Waals surface area (Å²) in [4.78, 5) is 12.3. The van der Waals surface area contributed by atoms with Crippen LogP contribution < -0.4 is 14.8 Å². The Kier molecular flexibility index (Phi) is 6.67. The van der Waals surface area contributed by atoms with Gasteiger partial charge in [0.2, 0.25) is 0 Å². The zero-order chi connectivity index (χ0) is 18.2. The zero-order valence-electron chi connectivity index (χ0n) is 15.4. The van der Waals surface area contributed by atoms with Crippen LogP contribution in [0.3, 0.4) is 0 Å². The lowest BCUT2D eigenvalue weighted by Gasteiger charge is -2.10. The largest absolute Gasteiger partial charge is 0.494 e. The van der Waals surface area contributed by atoms with Gasteiger partial charge in [-0.2, -0.15) is 0 Å². The highest BCUT2D eigenvalue weighted by Crippen LogP contribution is 2.25. The molecule has 26 heavy (non-hydrogen) atoms. The fourth-order valence-electron chi connectivity index (χ4n) is 3.06. The molecule has 4 nitrogen and oxygen atoms in total. The molecule has 0 aliphatic carbocycles. The van der Waals surface area contributed by atoms with Gasteiger partial charge in [0.1, 0.15) is 17.2 Å². The van der Waals surface area contributed by atoms with Gasteiger partial charge in [-0.05, 0) is 74.3 Å². The van der Waals surface area contributed by atoms with E-state index in [1.807, 2.05) is 48.5 Å². The number of rotatable bonds is 9. The van der Waals surface area contributed by atoms with Gasteiger partial charge in [0.15, 0.2) is 5.78 Å². The molecule has 138 valence electrons. The topological polar surface area (TPSA) is 47.6 Å². The number of ketones is 1. The standard InChI is InChI=1S/C22H27NO3/c1-2-3-15-25-19-10-12-21(13-11-19)26-20-8-6-17(7-9-20)22(24)16-18-5-4-14-23-18/h6-13,18,23H,2-5,14-16H2,1H3. The summed E-state index contributed by atoms with van der Waals surface area (Å²) >= 11 is 0. The third-order valence-electron chi connectivity index (χ3n) is 4.60. The number of unbranched alkanes of at least 4 members (excludes halogenated alkanes) is 1. The molecule has 0 aromatic heterocycles. The maximum Gasteiger partial charge on any atom is 0.164 e. The highest BCUT2D eigenvalue weighted by molar-refractivity contribution is 5.96. The average Bonchev–Trinajstić information content (AvgIpc) is 3.17. The van der Waals surface area contributed by atoms with Gasteiger partial charge in [0.25, 0.3) is 0 Å². The van der Waals surface area contributed by atoms with Crippen molar-refractivity contribution in [3.63, 3.8) is 0 Å². The summed E-state index contributed by atoms with van der Waals surface area (Å²) in [5.41, 5.74) is 0.741. The van der Waals surface area contributed by atoms with E-state index in [1.165, 1.54) is 0 Å². The lowest BCUT2D eigenvalue weighted by Crippen LogP contribution is -2.24. The van der Waals surface area contributed by atoms with E-state index in [9.17, 15) is 4.79 Å². The normalized spacial score (nSPS) is 16.4. The lowest BCUT2D eigenvalue weighted by molar-refractivity contribution is 0.0971. The summed E-state index contributed by atoms with van der Waals surface area (Å²) in [7, 11) is 0. The number of benzene rings is 2. The van der Waals surface area contributed by atoms with Gasteiger partial charge in [0.05, 0.1) is 6.61 Å². The van der Waals surface area contributed by atoms with Gasteiger partial charge in [-0.15, -0.1) is 0 Å². The Hall–Kier alpha value is -2.33. The second-order valence-electron chi connectivity index (χ2n) is 6.72. The van der Waals surface area contributed by atoms with Gasteiger partial charge in [-0.25, -0.2) is 0 Å². The van der Waals surface area contributed by atoms with Gasteiger partial charge >= 0.3 is 0 Å². The third-order valence-corrected chi connectivity index (χ3v) is 4.60. The summed E-state index contributed by atoms with van der Waals surface area (Å²) in [6.07, 6.45) is 4.99. The molecule has 3 rings (SSSR count). The van der Waals surface area contributed by atoms with Crippen molar-refractivity contribution >= 4 is 5.78 Å². The van der Waals surface area contributed by atoms with Crippen molar-refractivity contribution < 1.29 is 14.3 Å². The Labute approximate surface area is 155 Å². The maximum atomic E-state index is 12.3. The Morgan fingerprint density at radius 3 is 2.31 bits per heavy atom. The molecule has 1 atom stereocenters. The van der Waals surface area contributed by atoms with Crippen LogP contribution in [0.2, 0.25) is 0 Å². The molecule has 0 amide bonds. The average molecular weight is 353 g/mol. The first kappa shape index (κ1) is 18.5. The number of Topliss-reactive ketones (excluding diaryl/α,β-unsaturated/α-hetero) is 1. The molecule has 2 aromatic carbocycles. The number of ether oxygens (including phenoxy) is 2. The third kappa shape index (κ3) is 5.33. The van der Waals surface area contributed by atoms with Crippen LogP contribution in [-0.2, 0) is 0 Å². The predicted molar refractivity (Wildman–Crippen MR) is 103 cm³/mol. The molecule has 0 bridgehead atoms. The van der Waals surface area contributed by atoms with Crippen LogP contribution in [0.5, 0.6) is 17.2 Å². The fraction of sp³-hybridized carbons (Fsp3) is 0.409. The molecule has 1 N–H and O–H groups in total. The molecule has 0 spiro atoms. The molecular formula is C22H27NO3. The van der Waals surface area contributed by atoms with Crippen molar-refractivity contribution in [2.75, 3.05) is 13.2 Å². The molecule has 4 heteroatoms. The maximum absolute atomic E-state index is 12.3. The van der Waals surface area contributed by atoms with E-state index in [0.29, 0.717) is 12.5 Å². The van der Waals surface area contributed by atoms with Crippen molar-refractivity contribution in [3.8, 4) is 17.2 Å². The molecule has 0 saturated carbocycles. The van der Waals surface area contributed by atoms with Crippen LogP contribution in [0, 0.1) is 0 Å². The Bertz CT molecular complexity index is 688. The first-order chi connectivity index (χ1) is 12.7. The molecule has 1 unspecified atom stereocenters. The fourth-order valence-corrected chi connectivity index (χ4v) is 3.06. The van der Waals surface area contributed by atoms with Crippen LogP contribution in [-0.4, -0.2) is 25.0 Å². The van der Waals surface area contributed by atoms with Crippen LogP contribution in [0.15, 0.2) is 48.5 Å². The second-order valence-corrected chi connectivity index (χ2v) is 6.72. The van der Waals surface area contributed by atoms with Gasteiger partial charge < -0.3 is 14.8 Å². The van der Waals surface area contributed by atoms with Gasteiger partial charge in [0, 0.05) is 18.0 Å². The zero-order valence-corrected chi connectivity index (χ0v) is 15.4. The molecule has 1 aliphatic rings. The van der Waals surface area contributed by atoms with Crippen molar-refractivity contribution in [2.24, 2.45) is 0 Å². The van der Waals surface area contributed by atoms with Gasteiger partial charge in [-0.3, -0.25) is 4.79 Å². The van der Waals surface area contributed by atoms with E-state index < -0.39 is 0 Å². The van der Waals surface area contributed by atoms with Crippen molar-refractivity contribution in [2.45, 2.75) is 45.1 Å². The summed E-state index contributed by atoms with van der Waals surface area (Å²) in [6.45, 7) is 3.90. The SMILES string of the molecule is CCCCOc1ccc(Oc2ccc(C(=O)CC3CCCN3)cc2)cc1. The minimum Gasteiger partial charge on any atom is -0.494 e. The molecule has 1 fully saturated rings. The summed E-state index contributed by atoms with van der Waals surface area (Å²) in [5.74, 6) is 2.51. The van der Waals surface area contributed by atoms with Crippen molar-refractivity contribution in [3.05, 3.63) is 54.1 Å². The van der Waals surface area contributed by atoms with Gasteiger partial charge in [-0.1, -0.05) is 13.3 Å². The summed E-state index contributed by atoms with van der Waals surface area (Å²) in [6, 6.07) is 15.3. The second kappa shape index (κ2) is 9.39. The minimum absolute atomic E-state index is 0.185. The number of nitrogens with one attached hydrogen (secondary N) is 1. The lowest BCUT2D eigenvalue weighted by atomic mass is 10.0. The monoisotopic (exact) mass is 353 g/mol. The summed E-state index contributed by atoms with van der Waals surface area (Å²) in [5, 5.41) is 3.37. The molecule has 1 saturated heterocycles. The Morgan fingerprint density at radius 1 is 1.04 bits per heavy atom. The number of carbonyl (C=O) groups is 1. The van der Waals surface area contributed by atoms with Crippen LogP contribution in [0.4, 0.5) is 0 Å². The van der Waals surface area contributed by atoms with Crippen LogP contribution >= 0.6 is 0 Å². The van der Waals surface area contributed by atoms with E-state index in [0.717, 1.165) is 61.6 Å². The number of hydrogen-bond donors (Lipinski definition) is 1. The van der Waals surface area contributed by atoms with Crippen molar-refractivity contribution in [1.29, 1.82) is 0 Å². The highest BCUT2D eigenvalue weighted by Gasteiger charge is 2.18. The first-order valence-electron chi connectivity index (χ1n) is 9.52. The number of carbonyl (C=O) groups excluding carboxylic acids is 1. The molecule has 1 aliphatic heterocycles. The smallest absolute Gasteiger partial charge is 0.164 e. The minimum atomic E-state index is 0.185.